The van der Waals surface area contributed by atoms with Crippen LogP contribution in [0, 0.1) is 0 Å². The molecule has 7 heteroatoms. The van der Waals surface area contributed by atoms with E-state index in [0.29, 0.717) is 12.4 Å². The lowest BCUT2D eigenvalue weighted by molar-refractivity contribution is 0.122. The lowest BCUT2D eigenvalue weighted by Crippen LogP contribution is -2.49. The zero-order valence-corrected chi connectivity index (χ0v) is 27.3. The fourth-order valence-corrected chi connectivity index (χ4v) is 17.7. The summed E-state index contributed by atoms with van der Waals surface area (Å²) < 4.78 is 23.0. The molecule has 0 spiro atoms. The summed E-state index contributed by atoms with van der Waals surface area (Å²) in [5.41, 5.74) is 0. The highest BCUT2D eigenvalue weighted by Gasteiger charge is 2.67. The number of hydrogen-bond donors (Lipinski definition) is 1. The summed E-state index contributed by atoms with van der Waals surface area (Å²) in [6, 6.07) is 6.61. The second-order valence-corrected chi connectivity index (χ2v) is 21.8. The molecule has 0 fully saturated rings. The molecule has 5 nitrogen and oxygen atoms in total. The fraction of sp³-hybridized carbons (Fsp3) is 0.793. The van der Waals surface area contributed by atoms with E-state index in [0.717, 1.165) is 37.5 Å². The summed E-state index contributed by atoms with van der Waals surface area (Å²) in [4.78, 5) is 0. The Labute approximate surface area is 224 Å². The van der Waals surface area contributed by atoms with Crippen molar-refractivity contribution in [1.29, 1.82) is 0 Å². The van der Waals surface area contributed by atoms with Gasteiger partial charge in [-0.2, -0.15) is 0 Å². The first kappa shape index (κ1) is 33.4. The fourth-order valence-electron chi connectivity index (χ4n) is 6.88. The van der Waals surface area contributed by atoms with Gasteiger partial charge in [0.05, 0.1) is 29.3 Å². The van der Waals surface area contributed by atoms with Crippen molar-refractivity contribution in [2.45, 2.75) is 122 Å². The van der Waals surface area contributed by atoms with Crippen molar-refractivity contribution in [3.05, 3.63) is 18.2 Å². The lowest BCUT2D eigenvalue weighted by atomic mass is 10.1. The maximum atomic E-state index is 10.5. The molecule has 0 heterocycles. The van der Waals surface area contributed by atoms with E-state index in [2.05, 4.69) is 62.3 Å². The molecule has 0 unspecified atom stereocenters. The first-order chi connectivity index (χ1) is 16.5. The van der Waals surface area contributed by atoms with Gasteiger partial charge in [-0.05, 0) is 87.3 Å². The topological polar surface area (TPSA) is 57.2 Å². The average molecular weight is 544 g/mol. The molecule has 0 radical (unpaired) electrons. The van der Waals surface area contributed by atoms with Crippen molar-refractivity contribution in [2.24, 2.45) is 0 Å². The molecule has 36 heavy (non-hydrogen) atoms. The second kappa shape index (κ2) is 13.4. The van der Waals surface area contributed by atoms with Crippen LogP contribution in [0.1, 0.15) is 101 Å². The largest absolute Gasteiger partial charge is 0.508 e. The van der Waals surface area contributed by atoms with Crippen molar-refractivity contribution in [2.75, 3.05) is 27.9 Å². The Hall–Kier alpha value is -0.653. The molecule has 0 aliphatic heterocycles. The predicted molar refractivity (Wildman–Crippen MR) is 159 cm³/mol. The molecule has 1 rings (SSSR count). The van der Waals surface area contributed by atoms with Gasteiger partial charge >= 0.3 is 8.80 Å². The Kier molecular flexibility index (Phi) is 12.4. The third-order valence-electron chi connectivity index (χ3n) is 7.39. The van der Waals surface area contributed by atoms with Crippen LogP contribution in [-0.4, -0.2) is 57.3 Å². The standard InChI is InChI=1S/C29H55O5PSi/c1-27(2,3)35(28(4,5)6,29(7,8)9)26-23-24(30)19-20-25(26)34-21-17-15-13-14-16-18-22-36(31-10,32-11)33-12/h19-20,23H,13-18,21-22H2,1-12H3/p+1. The molecule has 1 N–H and O–H groups in total. The van der Waals surface area contributed by atoms with E-state index < -0.39 is 16.1 Å². The van der Waals surface area contributed by atoms with Gasteiger partial charge in [0.15, 0.2) is 5.75 Å². The lowest BCUT2D eigenvalue weighted by Gasteiger charge is -2.54. The molecule has 0 atom stereocenters. The SMILES string of the molecule is CO[Si](CCCCCCCCOc1ccc(O)cc1[P+](C(C)(C)C)(C(C)(C)C)C(C)(C)C)(OC)OC. The third kappa shape index (κ3) is 7.69. The van der Waals surface area contributed by atoms with E-state index in [9.17, 15) is 5.11 Å². The number of unbranched alkanes of at least 4 members (excludes halogenated alkanes) is 5. The molecule has 1 aromatic rings. The van der Waals surface area contributed by atoms with Gasteiger partial charge in [-0.25, -0.2) is 0 Å². The van der Waals surface area contributed by atoms with Crippen molar-refractivity contribution >= 4 is 21.4 Å². The first-order valence-corrected chi connectivity index (χ1v) is 17.3. The summed E-state index contributed by atoms with van der Waals surface area (Å²) in [5, 5.41) is 11.9. The van der Waals surface area contributed by atoms with Crippen LogP contribution >= 0.6 is 7.26 Å². The summed E-state index contributed by atoms with van der Waals surface area (Å²) in [6.45, 7) is 22.0. The maximum Gasteiger partial charge on any atom is 0.500 e. The minimum Gasteiger partial charge on any atom is -0.508 e. The monoisotopic (exact) mass is 543 g/mol. The van der Waals surface area contributed by atoms with Crippen molar-refractivity contribution < 1.29 is 23.1 Å². The van der Waals surface area contributed by atoms with Crippen molar-refractivity contribution in [3.8, 4) is 11.5 Å². The van der Waals surface area contributed by atoms with E-state index in [1.54, 1.807) is 27.4 Å². The number of rotatable bonds is 14. The van der Waals surface area contributed by atoms with Crippen LogP contribution in [0.15, 0.2) is 18.2 Å². The van der Waals surface area contributed by atoms with Gasteiger partial charge in [0, 0.05) is 33.4 Å². The quantitative estimate of drug-likeness (QED) is 0.146. The molecule has 0 aliphatic rings. The molecule has 0 amide bonds. The Morgan fingerprint density at radius 1 is 0.694 bits per heavy atom. The summed E-state index contributed by atoms with van der Waals surface area (Å²) in [7, 11) is 0.718. The minimum atomic E-state index is -2.44. The molecule has 0 aliphatic carbocycles. The Bertz CT molecular complexity index is 744. The van der Waals surface area contributed by atoms with Gasteiger partial charge in [-0.1, -0.05) is 25.7 Å². The Balaban J connectivity index is 2.85. The van der Waals surface area contributed by atoms with Gasteiger partial charge in [0.2, 0.25) is 0 Å². The van der Waals surface area contributed by atoms with Crippen molar-refractivity contribution in [3.63, 3.8) is 0 Å². The number of aromatic hydroxyl groups is 1. The van der Waals surface area contributed by atoms with Crippen LogP contribution in [0.2, 0.25) is 6.04 Å². The van der Waals surface area contributed by atoms with Gasteiger partial charge in [-0.15, -0.1) is 0 Å². The van der Waals surface area contributed by atoms with Gasteiger partial charge in [-0.3, -0.25) is 0 Å². The normalized spacial score (nSPS) is 13.8. The number of ether oxygens (including phenoxy) is 1. The summed E-state index contributed by atoms with van der Waals surface area (Å²) in [6.07, 6.45) is 6.78. The maximum absolute atomic E-state index is 10.5. The molecule has 0 saturated heterocycles. The highest BCUT2D eigenvalue weighted by molar-refractivity contribution is 7.87. The van der Waals surface area contributed by atoms with Crippen LogP contribution in [0.5, 0.6) is 11.5 Å². The van der Waals surface area contributed by atoms with Crippen molar-refractivity contribution in [1.82, 2.24) is 0 Å². The average Bonchev–Trinajstić information content (AvgIpc) is 2.74. The molecular weight excluding hydrogens is 487 g/mol. The summed E-state index contributed by atoms with van der Waals surface area (Å²) >= 11 is 0. The van der Waals surface area contributed by atoms with Crippen LogP contribution in [0.4, 0.5) is 0 Å². The zero-order valence-electron chi connectivity index (χ0n) is 25.4. The van der Waals surface area contributed by atoms with Crippen LogP contribution in [0.3, 0.4) is 0 Å². The van der Waals surface area contributed by atoms with E-state index >= 15 is 0 Å². The van der Waals surface area contributed by atoms with Crippen LogP contribution < -0.4 is 10.0 Å². The van der Waals surface area contributed by atoms with E-state index in [-0.39, 0.29) is 15.5 Å². The predicted octanol–water partition coefficient (Wildman–Crippen LogP) is 8.03. The van der Waals surface area contributed by atoms with Gasteiger partial charge in [0.25, 0.3) is 0 Å². The van der Waals surface area contributed by atoms with E-state index in [1.165, 1.54) is 18.1 Å². The summed E-state index contributed by atoms with van der Waals surface area (Å²) in [5.74, 6) is 1.27. The van der Waals surface area contributed by atoms with Gasteiger partial charge in [0.1, 0.15) is 11.1 Å². The van der Waals surface area contributed by atoms with Gasteiger partial charge < -0.3 is 23.1 Å². The van der Waals surface area contributed by atoms with Crippen LogP contribution in [0.25, 0.3) is 0 Å². The highest BCUT2D eigenvalue weighted by atomic mass is 31.2. The smallest absolute Gasteiger partial charge is 0.500 e. The highest BCUT2D eigenvalue weighted by Crippen LogP contribution is 2.83. The molecular formula is C29H56O5PSi+. The zero-order chi connectivity index (χ0) is 27.8. The number of phenols is 1. The van der Waals surface area contributed by atoms with E-state index in [4.69, 9.17) is 18.0 Å². The number of phenolic OH excluding ortho intramolecular Hbond substituents is 1. The Morgan fingerprint density at radius 2 is 1.14 bits per heavy atom. The molecule has 1 aromatic carbocycles. The first-order valence-electron chi connectivity index (χ1n) is 13.5. The molecule has 0 bridgehead atoms. The number of benzene rings is 1. The van der Waals surface area contributed by atoms with Crippen LogP contribution in [-0.2, 0) is 13.3 Å². The molecule has 0 aromatic heterocycles. The molecule has 0 saturated carbocycles. The molecule has 210 valence electrons. The minimum absolute atomic E-state index is 0.0459. The number of hydrogen-bond acceptors (Lipinski definition) is 5. The Morgan fingerprint density at radius 3 is 1.58 bits per heavy atom. The third-order valence-corrected chi connectivity index (χ3v) is 17.3. The van der Waals surface area contributed by atoms with E-state index in [1.807, 2.05) is 12.1 Å². The second-order valence-electron chi connectivity index (χ2n) is 12.9.